The van der Waals surface area contributed by atoms with Crippen LogP contribution in [0.25, 0.3) is 5.73 Å². The van der Waals surface area contributed by atoms with Gasteiger partial charge in [-0.25, -0.2) is 12.2 Å². The Bertz CT molecular complexity index is 1060. The molecule has 0 fully saturated rings. The molecule has 2 aromatic rings. The van der Waals surface area contributed by atoms with E-state index in [9.17, 15) is 0 Å². The Kier molecular flexibility index (Phi) is 28.5. The summed E-state index contributed by atoms with van der Waals surface area (Å²) in [6, 6.07) is 13.2. The number of allylic oxidation sites excluding steroid dienone is 12. The fourth-order valence-corrected chi connectivity index (χ4v) is 3.90. The number of hydrogen-bond donors (Lipinski definition) is 0. The maximum absolute atomic E-state index is 6.94. The smallest absolute Gasteiger partial charge is 0 e. The van der Waals surface area contributed by atoms with E-state index in [1.54, 1.807) is 12.1 Å². The largest absolute Gasteiger partial charge is 0.673 e. The second-order valence-corrected chi connectivity index (χ2v) is 10.5. The van der Waals surface area contributed by atoms with Crippen LogP contribution >= 0.6 is 71.2 Å². The van der Waals surface area contributed by atoms with Crippen molar-refractivity contribution in [1.29, 1.82) is 0 Å². The van der Waals surface area contributed by atoms with Crippen molar-refractivity contribution in [1.82, 2.24) is 0 Å². The van der Waals surface area contributed by atoms with E-state index in [1.165, 1.54) is 0 Å². The normalized spacial score (nSPS) is 13.5. The SMILES string of the molecule is CC(C)(C)[NH-].Cl.Cl.Clc1[c-]ccc(C2C=CC=C2)c1Cl.Clc1[c-]ccc(C2C=CC=C2)c1Cl.[C-]1=CC=CC1.[CH3-].[CH3-].[Ti]. The van der Waals surface area contributed by atoms with Crippen molar-refractivity contribution in [3.63, 3.8) is 0 Å². The van der Waals surface area contributed by atoms with Crippen LogP contribution in [0.5, 0.6) is 0 Å². The summed E-state index contributed by atoms with van der Waals surface area (Å²) >= 11 is 23.8. The van der Waals surface area contributed by atoms with E-state index < -0.39 is 0 Å². The summed E-state index contributed by atoms with van der Waals surface area (Å²) in [5.74, 6) is 0.527. The first-order chi connectivity index (χ1) is 17.1. The van der Waals surface area contributed by atoms with Gasteiger partial charge in [0.25, 0.3) is 0 Å². The molecular weight excluding hydrogens is 671 g/mol. The van der Waals surface area contributed by atoms with Gasteiger partial charge in [0.2, 0.25) is 0 Å². The van der Waals surface area contributed by atoms with Gasteiger partial charge < -0.3 is 20.6 Å². The van der Waals surface area contributed by atoms with Crippen molar-refractivity contribution in [2.45, 2.75) is 44.6 Å². The van der Waals surface area contributed by atoms with Gasteiger partial charge >= 0.3 is 0 Å². The molecule has 0 amide bonds. The molecule has 0 bridgehead atoms. The molecule has 8 heteroatoms. The second kappa shape index (κ2) is 24.7. The summed E-state index contributed by atoms with van der Waals surface area (Å²) < 4.78 is 0. The van der Waals surface area contributed by atoms with Crippen molar-refractivity contribution < 1.29 is 21.7 Å². The summed E-state index contributed by atoms with van der Waals surface area (Å²) in [4.78, 5) is 0. The Hall–Kier alpha value is -0.706. The van der Waals surface area contributed by atoms with Crippen LogP contribution in [0.4, 0.5) is 0 Å². The van der Waals surface area contributed by atoms with E-state index in [4.69, 9.17) is 52.1 Å². The average Bonchev–Trinajstić information content (AvgIpc) is 3.61. The Balaban J connectivity index is -0.000000231. The summed E-state index contributed by atoms with van der Waals surface area (Å²) in [6.45, 7) is 5.56. The summed E-state index contributed by atoms with van der Waals surface area (Å²) in [7, 11) is 0. The van der Waals surface area contributed by atoms with Gasteiger partial charge in [-0.3, -0.25) is 6.08 Å². The Labute approximate surface area is 296 Å². The van der Waals surface area contributed by atoms with Gasteiger partial charge in [-0.2, -0.15) is 65.7 Å². The van der Waals surface area contributed by atoms with E-state index in [0.717, 1.165) is 17.5 Å². The molecule has 0 saturated heterocycles. The standard InChI is InChI=1S/2C11H7Cl2.C5H5.C4H10N.2CH3.2ClH.Ti/c2*12-10-7-3-6-9(11(10)13)8-4-1-2-5-8;1-2-4-5-3-1;1-4(2,3)5;;;;;/h2*1-6,8H;1-3H,4H2;5H,1-3H3;2*1H3;2*1H;/q6*-1;;;. The van der Waals surface area contributed by atoms with E-state index in [2.05, 4.69) is 48.6 Å². The summed E-state index contributed by atoms with van der Waals surface area (Å²) in [5, 5.41) is 2.19. The Morgan fingerprint density at radius 3 is 1.29 bits per heavy atom. The minimum absolute atomic E-state index is 0. The molecule has 0 spiro atoms. The van der Waals surface area contributed by atoms with Gasteiger partial charge in [0, 0.05) is 21.7 Å². The summed E-state index contributed by atoms with van der Waals surface area (Å²) in [5.41, 5.74) is 8.76. The number of rotatable bonds is 2. The zero-order chi connectivity index (χ0) is 26.6. The topological polar surface area (TPSA) is 23.8 Å². The van der Waals surface area contributed by atoms with Crippen LogP contribution in [0.15, 0.2) is 91.1 Å². The molecule has 41 heavy (non-hydrogen) atoms. The Morgan fingerprint density at radius 1 is 0.707 bits per heavy atom. The molecule has 0 heterocycles. The average molecular weight is 708 g/mol. The van der Waals surface area contributed by atoms with Crippen LogP contribution in [-0.2, 0) is 21.7 Å². The third kappa shape index (κ3) is 18.5. The number of nitrogens with one attached hydrogen (secondary N) is 1. The van der Waals surface area contributed by atoms with Crippen molar-refractivity contribution in [3.8, 4) is 0 Å². The van der Waals surface area contributed by atoms with Gasteiger partial charge in [-0.15, -0.1) is 71.1 Å². The molecule has 0 saturated carbocycles. The molecule has 0 radical (unpaired) electrons. The van der Waals surface area contributed by atoms with Gasteiger partial charge in [0.1, 0.15) is 0 Å². The van der Waals surface area contributed by atoms with Gasteiger partial charge in [-0.05, 0) is 21.9 Å². The molecule has 0 aliphatic heterocycles. The minimum atomic E-state index is -0.250. The van der Waals surface area contributed by atoms with Crippen molar-refractivity contribution in [3.05, 3.63) is 161 Å². The number of halogens is 6. The monoisotopic (exact) mass is 705 g/mol. The molecule has 0 aromatic heterocycles. The Morgan fingerprint density at radius 2 is 1.05 bits per heavy atom. The van der Waals surface area contributed by atoms with E-state index in [-0.39, 0.29) is 78.8 Å². The van der Waals surface area contributed by atoms with Crippen LogP contribution in [-0.4, -0.2) is 5.54 Å². The van der Waals surface area contributed by atoms with Crippen LogP contribution in [0.3, 0.4) is 0 Å². The van der Waals surface area contributed by atoms with Crippen LogP contribution in [0.2, 0.25) is 20.1 Å². The molecule has 1 N–H and O–H groups in total. The molecule has 5 rings (SSSR count). The molecule has 3 aliphatic rings. The van der Waals surface area contributed by atoms with Crippen molar-refractivity contribution in [2.24, 2.45) is 0 Å². The minimum Gasteiger partial charge on any atom is -0.673 e. The zero-order valence-electron chi connectivity index (χ0n) is 23.9. The third-order valence-electron chi connectivity index (χ3n) is 4.64. The molecule has 1 nitrogen and oxygen atoms in total. The van der Waals surface area contributed by atoms with Gasteiger partial charge in [0.15, 0.2) is 0 Å². The van der Waals surface area contributed by atoms with Gasteiger partial charge in [0.05, 0.1) is 0 Å². The maximum Gasteiger partial charge on any atom is 0 e. The van der Waals surface area contributed by atoms with Crippen molar-refractivity contribution >= 4 is 71.2 Å². The predicted octanol–water partition coefficient (Wildman–Crippen LogP) is 12.9. The molecular formula is C33H37Cl6NTi-6. The fraction of sp³-hybridized carbons (Fsp3) is 0.212. The van der Waals surface area contributed by atoms with Crippen LogP contribution < -0.4 is 0 Å². The number of benzene rings is 2. The van der Waals surface area contributed by atoms with Crippen LogP contribution in [0.1, 0.15) is 50.2 Å². The molecule has 226 valence electrons. The first kappa shape index (κ1) is 47.2. The first-order valence-corrected chi connectivity index (χ1v) is 13.0. The second-order valence-electron chi connectivity index (χ2n) is 8.97. The third-order valence-corrected chi connectivity index (χ3v) is 6.24. The molecule has 0 unspecified atom stereocenters. The molecule has 0 atom stereocenters. The quantitative estimate of drug-likeness (QED) is 0.219. The van der Waals surface area contributed by atoms with Crippen molar-refractivity contribution in [2.75, 3.05) is 0 Å². The maximum atomic E-state index is 6.94. The predicted molar refractivity (Wildman–Crippen MR) is 186 cm³/mol. The van der Waals surface area contributed by atoms with Crippen LogP contribution in [0, 0.1) is 33.1 Å². The fourth-order valence-electron chi connectivity index (χ4n) is 3.07. The number of hydrogen-bond acceptors (Lipinski definition) is 0. The summed E-state index contributed by atoms with van der Waals surface area (Å²) in [6.07, 6.45) is 26.3. The first-order valence-electron chi connectivity index (χ1n) is 11.5. The zero-order valence-corrected chi connectivity index (χ0v) is 30.1. The molecule has 2 aromatic carbocycles. The van der Waals surface area contributed by atoms with E-state index in [0.29, 0.717) is 20.1 Å². The molecule has 3 aliphatic carbocycles. The van der Waals surface area contributed by atoms with E-state index in [1.807, 2.05) is 69.4 Å². The van der Waals surface area contributed by atoms with Gasteiger partial charge in [-0.1, -0.05) is 79.4 Å². The van der Waals surface area contributed by atoms with E-state index >= 15 is 0 Å².